The molecule has 0 N–H and O–H groups in total. The minimum Gasteiger partial charge on any atom is -0.270 e. The van der Waals surface area contributed by atoms with Crippen LogP contribution in [-0.2, 0) is 0 Å². The second-order valence-corrected chi connectivity index (χ2v) is 3.70. The molecule has 0 rings (SSSR count). The zero-order chi connectivity index (χ0) is 11.5. The Labute approximate surface area is 82.8 Å². The summed E-state index contributed by atoms with van der Waals surface area (Å²) < 4.78 is 37.6. The molecule has 0 aliphatic carbocycles. The number of aliphatic imine (C=N–C) groups is 1. The van der Waals surface area contributed by atoms with E-state index in [9.17, 15) is 13.2 Å². The Morgan fingerprint density at radius 3 is 1.79 bits per heavy atom. The molecule has 0 radical (unpaired) electrons. The molecule has 0 saturated heterocycles. The van der Waals surface area contributed by atoms with E-state index in [0.29, 0.717) is 4.90 Å². The number of nitrogens with zero attached hydrogens (tertiary/aromatic N) is 2. The highest BCUT2D eigenvalue weighted by Gasteiger charge is 2.39. The predicted molar refractivity (Wildman–Crippen MR) is 51.3 cm³/mol. The SMILES string of the molecule is CC(=NC(C)C)N(C(C)C)C(F)(F)F. The molecule has 2 nitrogen and oxygen atoms in total. The van der Waals surface area contributed by atoms with E-state index in [0.717, 1.165) is 0 Å². The third-order valence-electron chi connectivity index (χ3n) is 1.58. The van der Waals surface area contributed by atoms with Gasteiger partial charge in [-0.1, -0.05) is 0 Å². The molecule has 0 aromatic heterocycles. The molecular formula is C9H17F3N2. The molecule has 0 amide bonds. The number of rotatable bonds is 2. The van der Waals surface area contributed by atoms with Crippen molar-refractivity contribution >= 4 is 5.84 Å². The first-order chi connectivity index (χ1) is 6.16. The Morgan fingerprint density at radius 2 is 1.57 bits per heavy atom. The average Bonchev–Trinajstić information content (AvgIpc) is 1.78. The molecular weight excluding hydrogens is 193 g/mol. The van der Waals surface area contributed by atoms with Crippen LogP contribution in [0, 0.1) is 0 Å². The largest absolute Gasteiger partial charge is 0.486 e. The van der Waals surface area contributed by atoms with Gasteiger partial charge in [-0.15, -0.1) is 0 Å². The van der Waals surface area contributed by atoms with Crippen LogP contribution >= 0.6 is 0 Å². The lowest BCUT2D eigenvalue weighted by molar-refractivity contribution is -0.226. The first kappa shape index (κ1) is 13.3. The van der Waals surface area contributed by atoms with Crippen molar-refractivity contribution in [2.45, 2.75) is 53.0 Å². The van der Waals surface area contributed by atoms with Crippen molar-refractivity contribution in [3.05, 3.63) is 0 Å². The summed E-state index contributed by atoms with van der Waals surface area (Å²) in [5.74, 6) is 0.0162. The smallest absolute Gasteiger partial charge is 0.270 e. The summed E-state index contributed by atoms with van der Waals surface area (Å²) in [6.07, 6.45) is -4.35. The standard InChI is InChI=1S/C9H17F3N2/c1-6(2)13-8(5)14(7(3)4)9(10,11)12/h6-7H,1-5H3. The maximum absolute atomic E-state index is 12.5. The third-order valence-corrected chi connectivity index (χ3v) is 1.58. The Kier molecular flexibility index (Phi) is 4.42. The summed E-state index contributed by atoms with van der Waals surface area (Å²) >= 11 is 0. The second kappa shape index (κ2) is 4.66. The lowest BCUT2D eigenvalue weighted by atomic mass is 10.3. The van der Waals surface area contributed by atoms with Gasteiger partial charge in [-0.3, -0.25) is 9.89 Å². The van der Waals surface area contributed by atoms with E-state index in [2.05, 4.69) is 4.99 Å². The van der Waals surface area contributed by atoms with Gasteiger partial charge in [0.1, 0.15) is 5.84 Å². The summed E-state index contributed by atoms with van der Waals surface area (Å²) in [4.78, 5) is 4.26. The maximum atomic E-state index is 12.5. The molecule has 0 heterocycles. The first-order valence-electron chi connectivity index (χ1n) is 4.56. The van der Waals surface area contributed by atoms with Crippen molar-refractivity contribution in [3.8, 4) is 0 Å². The van der Waals surface area contributed by atoms with Gasteiger partial charge in [0, 0.05) is 12.1 Å². The normalized spacial score (nSPS) is 14.0. The summed E-state index contributed by atoms with van der Waals surface area (Å²) in [6.45, 7) is 7.87. The lowest BCUT2D eigenvalue weighted by Crippen LogP contribution is -2.46. The molecule has 0 aromatic carbocycles. The molecule has 0 spiro atoms. The van der Waals surface area contributed by atoms with Gasteiger partial charge in [0.25, 0.3) is 0 Å². The Bertz CT molecular complexity index is 207. The van der Waals surface area contributed by atoms with Crippen molar-refractivity contribution in [2.75, 3.05) is 0 Å². The van der Waals surface area contributed by atoms with Crippen LogP contribution in [0.5, 0.6) is 0 Å². The fourth-order valence-electron chi connectivity index (χ4n) is 1.29. The van der Waals surface area contributed by atoms with Gasteiger partial charge in [0.05, 0.1) is 0 Å². The van der Waals surface area contributed by atoms with E-state index in [1.165, 1.54) is 20.8 Å². The second-order valence-electron chi connectivity index (χ2n) is 3.70. The van der Waals surface area contributed by atoms with Crippen LogP contribution in [-0.4, -0.2) is 29.1 Å². The molecule has 14 heavy (non-hydrogen) atoms. The van der Waals surface area contributed by atoms with Gasteiger partial charge >= 0.3 is 6.30 Å². The summed E-state index contributed by atoms with van der Waals surface area (Å²) in [6, 6.07) is -0.754. The minimum atomic E-state index is -4.35. The lowest BCUT2D eigenvalue weighted by Gasteiger charge is -2.30. The summed E-state index contributed by atoms with van der Waals surface area (Å²) in [5, 5.41) is 0. The zero-order valence-corrected chi connectivity index (χ0v) is 9.18. The fraction of sp³-hybridized carbons (Fsp3) is 0.889. The van der Waals surface area contributed by atoms with Crippen molar-refractivity contribution in [1.82, 2.24) is 4.90 Å². The summed E-state index contributed by atoms with van der Waals surface area (Å²) in [7, 11) is 0. The molecule has 0 unspecified atom stereocenters. The van der Waals surface area contributed by atoms with Gasteiger partial charge in [-0.2, -0.15) is 13.2 Å². The van der Waals surface area contributed by atoms with Crippen LogP contribution in [0.15, 0.2) is 4.99 Å². The topological polar surface area (TPSA) is 15.6 Å². The highest BCUT2D eigenvalue weighted by Crippen LogP contribution is 2.24. The van der Waals surface area contributed by atoms with E-state index < -0.39 is 12.3 Å². The third kappa shape index (κ3) is 3.98. The highest BCUT2D eigenvalue weighted by atomic mass is 19.4. The van der Waals surface area contributed by atoms with Crippen molar-refractivity contribution in [3.63, 3.8) is 0 Å². The van der Waals surface area contributed by atoms with E-state index in [-0.39, 0.29) is 11.9 Å². The van der Waals surface area contributed by atoms with Gasteiger partial charge in [-0.05, 0) is 34.6 Å². The van der Waals surface area contributed by atoms with Crippen LogP contribution in [0.1, 0.15) is 34.6 Å². The van der Waals surface area contributed by atoms with Crippen LogP contribution < -0.4 is 0 Å². The van der Waals surface area contributed by atoms with E-state index in [4.69, 9.17) is 0 Å². The molecule has 0 aliphatic rings. The molecule has 0 fully saturated rings. The highest BCUT2D eigenvalue weighted by molar-refractivity contribution is 5.80. The fourth-order valence-corrected chi connectivity index (χ4v) is 1.29. The van der Waals surface area contributed by atoms with Crippen LogP contribution in [0.25, 0.3) is 0 Å². The van der Waals surface area contributed by atoms with Gasteiger partial charge in [-0.25, -0.2) is 0 Å². The van der Waals surface area contributed by atoms with Gasteiger partial charge in [0.15, 0.2) is 0 Å². The molecule has 0 bridgehead atoms. The minimum absolute atomic E-state index is 0.0162. The number of alkyl halides is 3. The van der Waals surface area contributed by atoms with Crippen LogP contribution in [0.2, 0.25) is 0 Å². The Morgan fingerprint density at radius 1 is 1.14 bits per heavy atom. The molecule has 5 heteroatoms. The van der Waals surface area contributed by atoms with Crippen LogP contribution in [0.3, 0.4) is 0 Å². The molecule has 0 aliphatic heterocycles. The molecule has 0 atom stereocenters. The van der Waals surface area contributed by atoms with E-state index >= 15 is 0 Å². The Balaban J connectivity index is 4.85. The van der Waals surface area contributed by atoms with Gasteiger partial charge < -0.3 is 0 Å². The van der Waals surface area contributed by atoms with E-state index in [1.807, 2.05) is 0 Å². The van der Waals surface area contributed by atoms with Gasteiger partial charge in [0.2, 0.25) is 0 Å². The number of hydrogen-bond donors (Lipinski definition) is 0. The average molecular weight is 210 g/mol. The Hall–Kier alpha value is -0.740. The molecule has 0 saturated carbocycles. The monoisotopic (exact) mass is 210 g/mol. The van der Waals surface area contributed by atoms with E-state index in [1.54, 1.807) is 13.8 Å². The predicted octanol–water partition coefficient (Wildman–Crippen LogP) is 3.04. The molecule has 0 aromatic rings. The quantitative estimate of drug-likeness (QED) is 0.388. The number of hydrogen-bond acceptors (Lipinski definition) is 1. The maximum Gasteiger partial charge on any atom is 0.486 e. The first-order valence-corrected chi connectivity index (χ1v) is 4.56. The van der Waals surface area contributed by atoms with Crippen molar-refractivity contribution < 1.29 is 13.2 Å². The van der Waals surface area contributed by atoms with Crippen molar-refractivity contribution in [1.29, 1.82) is 0 Å². The van der Waals surface area contributed by atoms with Crippen LogP contribution in [0.4, 0.5) is 13.2 Å². The molecule has 84 valence electrons. The van der Waals surface area contributed by atoms with Crippen molar-refractivity contribution in [2.24, 2.45) is 4.99 Å². The zero-order valence-electron chi connectivity index (χ0n) is 9.18. The number of halogens is 3. The number of amidine groups is 1. The summed E-state index contributed by atoms with van der Waals surface area (Å²) in [5.41, 5.74) is 0.